The summed E-state index contributed by atoms with van der Waals surface area (Å²) in [6, 6.07) is -0.374. The quantitative estimate of drug-likeness (QED) is 0.284. The third kappa shape index (κ3) is 8.37. The fraction of sp³-hybridized carbons (Fsp3) is 0.667. The SMILES string of the molecule is C=C[C@@H]1C[C@]1(NC(=O)[C@@H]1C[C@@H](OC(=O)N2Cc3ccncc3C2)CN1C(=O)[C@@H](NC(=O)OCC(C)(C)C)C1CCCCC1)C(=O)NS(=O)(=O)C1CC1. The van der Waals surface area contributed by atoms with Gasteiger partial charge in [-0.15, -0.1) is 6.58 Å². The molecular weight excluding hydrogens is 692 g/mol. The van der Waals surface area contributed by atoms with Crippen molar-refractivity contribution >= 4 is 39.9 Å². The average Bonchev–Trinajstić information content (AvgIpc) is 4.00. The van der Waals surface area contributed by atoms with Crippen molar-refractivity contribution in [1.29, 1.82) is 0 Å². The van der Waals surface area contributed by atoms with Gasteiger partial charge < -0.3 is 25.0 Å². The molecule has 3 heterocycles. The van der Waals surface area contributed by atoms with Gasteiger partial charge in [0.1, 0.15) is 23.7 Å². The predicted molar refractivity (Wildman–Crippen MR) is 187 cm³/mol. The number of amides is 5. The van der Waals surface area contributed by atoms with Gasteiger partial charge in [-0.2, -0.15) is 0 Å². The number of ether oxygens (including phenoxy) is 2. The largest absolute Gasteiger partial charge is 0.449 e. The van der Waals surface area contributed by atoms with Crippen LogP contribution >= 0.6 is 0 Å². The lowest BCUT2D eigenvalue weighted by Crippen LogP contribution is -2.59. The highest BCUT2D eigenvalue weighted by Crippen LogP contribution is 2.45. The van der Waals surface area contributed by atoms with Crippen molar-refractivity contribution in [3.8, 4) is 0 Å². The van der Waals surface area contributed by atoms with Gasteiger partial charge in [0, 0.05) is 31.3 Å². The van der Waals surface area contributed by atoms with Crippen LogP contribution in [0.2, 0.25) is 0 Å². The molecule has 0 unspecified atom stereocenters. The van der Waals surface area contributed by atoms with Crippen molar-refractivity contribution in [3.05, 3.63) is 42.2 Å². The summed E-state index contributed by atoms with van der Waals surface area (Å²) in [4.78, 5) is 75.7. The van der Waals surface area contributed by atoms with E-state index in [0.717, 1.165) is 30.4 Å². The van der Waals surface area contributed by atoms with Gasteiger partial charge in [-0.1, -0.05) is 46.1 Å². The maximum Gasteiger partial charge on any atom is 0.410 e. The molecule has 0 bridgehead atoms. The lowest BCUT2D eigenvalue weighted by Gasteiger charge is -2.34. The van der Waals surface area contributed by atoms with Gasteiger partial charge in [0.05, 0.1) is 24.9 Å². The Kier molecular flexibility index (Phi) is 10.6. The molecule has 15 nitrogen and oxygen atoms in total. The number of nitrogens with one attached hydrogen (secondary N) is 3. The van der Waals surface area contributed by atoms with Crippen LogP contribution in [0.4, 0.5) is 9.59 Å². The summed E-state index contributed by atoms with van der Waals surface area (Å²) in [6.45, 7) is 10.1. The Morgan fingerprint density at radius 2 is 1.79 bits per heavy atom. The van der Waals surface area contributed by atoms with Crippen LogP contribution in [0.15, 0.2) is 31.1 Å². The topological polar surface area (TPSA) is 193 Å². The molecule has 16 heteroatoms. The van der Waals surface area contributed by atoms with Crippen molar-refractivity contribution < 1.29 is 41.9 Å². The average molecular weight is 743 g/mol. The molecule has 5 amide bonds. The van der Waals surface area contributed by atoms with Crippen LogP contribution in [0.1, 0.15) is 89.7 Å². The van der Waals surface area contributed by atoms with E-state index < -0.39 is 74.8 Å². The first-order valence-corrected chi connectivity index (χ1v) is 19.8. The molecule has 1 saturated heterocycles. The summed E-state index contributed by atoms with van der Waals surface area (Å²) in [6.07, 6.45) is 7.65. The minimum atomic E-state index is -3.91. The number of hydrogen-bond donors (Lipinski definition) is 3. The standard InChI is InChI=1S/C36H50N6O9S/c1-5-25-16-36(25,32(45)40-52(48,49)27-11-12-27)39-30(43)28-15-26(51-34(47)41-18-23-13-14-37-17-24(23)19-41)20-42(28)31(44)29(22-9-7-6-8-10-22)38-33(46)50-21-35(2,3)4/h5,13-14,17,22,25-29H,1,6-12,15-16,18-21H2,2-4H3,(H,38,46)(H,39,43)(H,40,45)/t25-,26-,28+,29+,36-/m1/s1. The number of nitrogens with zero attached hydrogens (tertiary/aromatic N) is 3. The number of rotatable bonds is 11. The predicted octanol–water partition coefficient (Wildman–Crippen LogP) is 2.89. The lowest BCUT2D eigenvalue weighted by molar-refractivity contribution is -0.142. The minimum absolute atomic E-state index is 0.0751. The van der Waals surface area contributed by atoms with E-state index in [4.69, 9.17) is 9.47 Å². The summed E-state index contributed by atoms with van der Waals surface area (Å²) >= 11 is 0. The summed E-state index contributed by atoms with van der Waals surface area (Å²) in [5, 5.41) is 4.91. The fourth-order valence-electron chi connectivity index (χ4n) is 7.44. The zero-order chi connectivity index (χ0) is 37.4. The van der Waals surface area contributed by atoms with Crippen LogP contribution < -0.4 is 15.4 Å². The van der Waals surface area contributed by atoms with Crippen molar-refractivity contribution in [3.63, 3.8) is 0 Å². The Bertz CT molecular complexity index is 1680. The van der Waals surface area contributed by atoms with Gasteiger partial charge in [0.15, 0.2) is 0 Å². The van der Waals surface area contributed by atoms with E-state index in [1.54, 1.807) is 12.4 Å². The van der Waals surface area contributed by atoms with Crippen molar-refractivity contribution in [2.45, 2.75) is 121 Å². The van der Waals surface area contributed by atoms with Gasteiger partial charge in [-0.3, -0.25) is 29.0 Å². The highest BCUT2D eigenvalue weighted by atomic mass is 32.2. The highest BCUT2D eigenvalue weighted by Gasteiger charge is 2.62. The molecule has 0 spiro atoms. The summed E-state index contributed by atoms with van der Waals surface area (Å²) < 4.78 is 38.9. The first-order valence-electron chi connectivity index (χ1n) is 18.2. The fourth-order valence-corrected chi connectivity index (χ4v) is 8.80. The number of hydrogen-bond acceptors (Lipinski definition) is 10. The molecule has 0 radical (unpaired) electrons. The maximum absolute atomic E-state index is 14.6. The van der Waals surface area contributed by atoms with Gasteiger partial charge in [-0.25, -0.2) is 18.0 Å². The number of sulfonamides is 1. The summed E-state index contributed by atoms with van der Waals surface area (Å²) in [5.41, 5.74) is -0.0396. The molecule has 52 heavy (non-hydrogen) atoms. The zero-order valence-electron chi connectivity index (χ0n) is 30.1. The Balaban J connectivity index is 1.23. The summed E-state index contributed by atoms with van der Waals surface area (Å²) in [7, 11) is -3.91. The van der Waals surface area contributed by atoms with Crippen LogP contribution in [0.25, 0.3) is 0 Å². The van der Waals surface area contributed by atoms with E-state index in [0.29, 0.717) is 38.8 Å². The number of likely N-dealkylation sites (tertiary alicyclic amines) is 1. The van der Waals surface area contributed by atoms with E-state index >= 15 is 0 Å². The number of alkyl carbamates (subject to hydrolysis) is 1. The molecule has 1 aromatic heterocycles. The van der Waals surface area contributed by atoms with Gasteiger partial charge in [0.2, 0.25) is 21.8 Å². The van der Waals surface area contributed by atoms with Crippen LogP contribution in [0.5, 0.6) is 0 Å². The Hall–Kier alpha value is -4.21. The van der Waals surface area contributed by atoms with E-state index in [2.05, 4.69) is 26.9 Å². The van der Waals surface area contributed by atoms with E-state index in [-0.39, 0.29) is 37.3 Å². The Labute approximate surface area is 304 Å². The van der Waals surface area contributed by atoms with Crippen LogP contribution in [0, 0.1) is 17.3 Å². The normalized spacial score (nSPS) is 26.5. The smallest absolute Gasteiger partial charge is 0.410 e. The molecular formula is C36H50N6O9S. The molecule has 3 N–H and O–H groups in total. The van der Waals surface area contributed by atoms with E-state index in [9.17, 15) is 32.4 Å². The van der Waals surface area contributed by atoms with Crippen molar-refractivity contribution in [1.82, 2.24) is 30.1 Å². The molecule has 0 aromatic carbocycles. The zero-order valence-corrected chi connectivity index (χ0v) is 30.9. The van der Waals surface area contributed by atoms with E-state index in [1.165, 1.54) is 15.9 Å². The number of fused-ring (bicyclic) bond motifs is 1. The molecule has 3 aliphatic carbocycles. The molecule has 1 aromatic rings. The first-order chi connectivity index (χ1) is 24.6. The maximum atomic E-state index is 14.6. The van der Waals surface area contributed by atoms with E-state index in [1.807, 2.05) is 26.8 Å². The molecule has 3 saturated carbocycles. The molecule has 5 aliphatic rings. The number of aromatic nitrogens is 1. The Morgan fingerprint density at radius 1 is 1.08 bits per heavy atom. The number of carbonyl (C=O) groups is 5. The molecule has 6 rings (SSSR count). The third-order valence-corrected chi connectivity index (χ3v) is 12.5. The van der Waals surface area contributed by atoms with Crippen molar-refractivity contribution in [2.24, 2.45) is 17.3 Å². The second kappa shape index (κ2) is 14.7. The molecule has 2 aliphatic heterocycles. The molecule has 4 fully saturated rings. The first kappa shape index (κ1) is 37.5. The second-order valence-electron chi connectivity index (χ2n) is 16.1. The number of carbonyl (C=O) groups excluding carboxylic acids is 5. The van der Waals surface area contributed by atoms with Crippen LogP contribution in [-0.2, 0) is 47.0 Å². The van der Waals surface area contributed by atoms with Crippen LogP contribution in [0.3, 0.4) is 0 Å². The second-order valence-corrected chi connectivity index (χ2v) is 18.0. The monoisotopic (exact) mass is 742 g/mol. The molecule has 284 valence electrons. The van der Waals surface area contributed by atoms with Gasteiger partial charge >= 0.3 is 12.2 Å². The highest BCUT2D eigenvalue weighted by molar-refractivity contribution is 7.91. The Morgan fingerprint density at radius 3 is 2.42 bits per heavy atom. The van der Waals surface area contributed by atoms with Gasteiger partial charge in [0.25, 0.3) is 5.91 Å². The van der Waals surface area contributed by atoms with Crippen molar-refractivity contribution in [2.75, 3.05) is 13.2 Å². The van der Waals surface area contributed by atoms with Gasteiger partial charge in [-0.05, 0) is 60.6 Å². The minimum Gasteiger partial charge on any atom is -0.449 e. The third-order valence-electron chi connectivity index (χ3n) is 10.6. The lowest BCUT2D eigenvalue weighted by atomic mass is 9.83. The van der Waals surface area contributed by atoms with Crippen LogP contribution in [-0.4, -0.2) is 95.2 Å². The number of pyridine rings is 1. The summed E-state index contributed by atoms with van der Waals surface area (Å²) in [5.74, 6) is -2.84. The molecule has 5 atom stereocenters.